The maximum atomic E-state index is 12.1. The zero-order chi connectivity index (χ0) is 22.2. The molecule has 1 amide bonds. The van der Waals surface area contributed by atoms with E-state index in [0.717, 1.165) is 42.5 Å². The van der Waals surface area contributed by atoms with Crippen LogP contribution in [0.15, 0.2) is 72.0 Å². The molecular formula is C25H31IN6O. The smallest absolute Gasteiger partial charge is 0.225 e. The number of carbonyl (C=O) groups excluding carboxylic acids is 1. The first-order chi connectivity index (χ1) is 15.7. The van der Waals surface area contributed by atoms with Crippen molar-refractivity contribution in [2.24, 2.45) is 4.99 Å². The van der Waals surface area contributed by atoms with Crippen molar-refractivity contribution >= 4 is 41.5 Å². The first-order valence-electron chi connectivity index (χ1n) is 11.2. The number of aryl methyl sites for hydroxylation is 2. The van der Waals surface area contributed by atoms with E-state index in [9.17, 15) is 4.79 Å². The molecule has 0 radical (unpaired) electrons. The third-order valence-electron chi connectivity index (χ3n) is 5.63. The summed E-state index contributed by atoms with van der Waals surface area (Å²) in [7, 11) is 0. The monoisotopic (exact) mass is 558 g/mol. The van der Waals surface area contributed by atoms with Gasteiger partial charge in [0.2, 0.25) is 5.91 Å². The van der Waals surface area contributed by atoms with Crippen molar-refractivity contribution in [1.29, 1.82) is 0 Å². The molecule has 8 heteroatoms. The fourth-order valence-corrected chi connectivity index (χ4v) is 3.98. The number of hydrogen-bond donors (Lipinski definition) is 3. The van der Waals surface area contributed by atoms with Crippen molar-refractivity contribution < 1.29 is 4.79 Å². The Balaban J connectivity index is 0.00000306. The Morgan fingerprint density at radius 3 is 2.76 bits per heavy atom. The van der Waals surface area contributed by atoms with Gasteiger partial charge >= 0.3 is 0 Å². The molecule has 174 valence electrons. The van der Waals surface area contributed by atoms with Gasteiger partial charge in [0.25, 0.3) is 0 Å². The van der Waals surface area contributed by atoms with E-state index in [-0.39, 0.29) is 35.8 Å². The number of aliphatic imine (C=N–C) groups is 1. The molecule has 0 bridgehead atoms. The summed E-state index contributed by atoms with van der Waals surface area (Å²) in [5.74, 6) is 1.82. The van der Waals surface area contributed by atoms with Gasteiger partial charge in [0.1, 0.15) is 12.4 Å². The lowest BCUT2D eigenvalue weighted by Gasteiger charge is -2.26. The minimum atomic E-state index is 0. The van der Waals surface area contributed by atoms with Crippen LogP contribution in [-0.2, 0) is 24.3 Å². The Bertz CT molecular complexity index is 1070. The van der Waals surface area contributed by atoms with E-state index in [4.69, 9.17) is 4.99 Å². The summed E-state index contributed by atoms with van der Waals surface area (Å²) >= 11 is 0. The number of carbonyl (C=O) groups is 1. The van der Waals surface area contributed by atoms with E-state index < -0.39 is 0 Å². The van der Waals surface area contributed by atoms with Crippen molar-refractivity contribution in [3.8, 4) is 0 Å². The van der Waals surface area contributed by atoms with Gasteiger partial charge in [0.15, 0.2) is 5.96 Å². The summed E-state index contributed by atoms with van der Waals surface area (Å²) < 4.78 is 2.15. The molecule has 0 aliphatic carbocycles. The Morgan fingerprint density at radius 1 is 1.15 bits per heavy atom. The second kappa shape index (κ2) is 12.4. The van der Waals surface area contributed by atoms with Crippen molar-refractivity contribution in [3.63, 3.8) is 0 Å². The van der Waals surface area contributed by atoms with E-state index in [1.807, 2.05) is 43.6 Å². The number of fused-ring (bicyclic) bond motifs is 1. The van der Waals surface area contributed by atoms with Crippen molar-refractivity contribution in [2.45, 2.75) is 38.8 Å². The van der Waals surface area contributed by atoms with E-state index in [1.54, 1.807) is 0 Å². The molecule has 1 aliphatic heterocycles. The normalized spacial score (nSPS) is 15.2. The van der Waals surface area contributed by atoms with Crippen LogP contribution >= 0.6 is 24.0 Å². The van der Waals surface area contributed by atoms with E-state index in [1.165, 1.54) is 5.56 Å². The molecule has 1 unspecified atom stereocenters. The van der Waals surface area contributed by atoms with E-state index in [0.29, 0.717) is 19.5 Å². The SMILES string of the molecule is CCNC(=NCc1nccn1CCc1ccccc1)NCC1CC(=O)Nc2ccccc21.I. The third kappa shape index (κ3) is 6.80. The Hall–Kier alpha value is -2.88. The van der Waals surface area contributed by atoms with Gasteiger partial charge in [-0.1, -0.05) is 48.5 Å². The quantitative estimate of drug-likeness (QED) is 0.222. The molecular weight excluding hydrogens is 527 g/mol. The topological polar surface area (TPSA) is 83.3 Å². The summed E-state index contributed by atoms with van der Waals surface area (Å²) in [6.45, 7) is 4.79. The summed E-state index contributed by atoms with van der Waals surface area (Å²) in [5, 5.41) is 9.66. The molecule has 4 rings (SSSR count). The molecule has 0 fully saturated rings. The highest BCUT2D eigenvalue weighted by atomic mass is 127. The number of anilines is 1. The van der Waals surface area contributed by atoms with Gasteiger partial charge in [-0.3, -0.25) is 4.79 Å². The predicted molar refractivity (Wildman–Crippen MR) is 143 cm³/mol. The molecule has 3 aromatic rings. The third-order valence-corrected chi connectivity index (χ3v) is 5.63. The van der Waals surface area contributed by atoms with Gasteiger partial charge in [-0.15, -0.1) is 24.0 Å². The van der Waals surface area contributed by atoms with Crippen LogP contribution in [0, 0.1) is 0 Å². The molecule has 1 atom stereocenters. The summed E-state index contributed by atoms with van der Waals surface area (Å²) in [6, 6.07) is 18.4. The average molecular weight is 558 g/mol. The predicted octanol–water partition coefficient (Wildman–Crippen LogP) is 3.92. The van der Waals surface area contributed by atoms with Crippen LogP contribution in [0.3, 0.4) is 0 Å². The summed E-state index contributed by atoms with van der Waals surface area (Å²) in [5.41, 5.74) is 3.37. The highest BCUT2D eigenvalue weighted by Gasteiger charge is 2.24. The number of halogens is 1. The van der Waals surface area contributed by atoms with Crippen molar-refractivity contribution in [3.05, 3.63) is 83.9 Å². The number of aromatic nitrogens is 2. The molecule has 1 aliphatic rings. The lowest BCUT2D eigenvalue weighted by atomic mass is 9.90. The lowest BCUT2D eigenvalue weighted by Crippen LogP contribution is -2.40. The number of guanidine groups is 1. The fourth-order valence-electron chi connectivity index (χ4n) is 3.98. The van der Waals surface area contributed by atoms with Crippen LogP contribution in [0.1, 0.15) is 36.2 Å². The minimum Gasteiger partial charge on any atom is -0.357 e. The first kappa shape index (κ1) is 24.8. The largest absolute Gasteiger partial charge is 0.357 e. The summed E-state index contributed by atoms with van der Waals surface area (Å²) in [4.78, 5) is 21.3. The maximum absolute atomic E-state index is 12.1. The highest BCUT2D eigenvalue weighted by molar-refractivity contribution is 14.0. The van der Waals surface area contributed by atoms with Gasteiger partial charge in [-0.05, 0) is 30.5 Å². The Labute approximate surface area is 212 Å². The second-order valence-corrected chi connectivity index (χ2v) is 7.89. The zero-order valence-electron chi connectivity index (χ0n) is 18.8. The van der Waals surface area contributed by atoms with Gasteiger partial charge in [-0.2, -0.15) is 0 Å². The van der Waals surface area contributed by atoms with Crippen LogP contribution in [0.2, 0.25) is 0 Å². The number of rotatable bonds is 8. The van der Waals surface area contributed by atoms with Gasteiger partial charge in [0.05, 0.1) is 0 Å². The molecule has 7 nitrogen and oxygen atoms in total. The second-order valence-electron chi connectivity index (χ2n) is 7.89. The minimum absolute atomic E-state index is 0. The van der Waals surface area contributed by atoms with Crippen LogP contribution in [-0.4, -0.2) is 34.5 Å². The van der Waals surface area contributed by atoms with Crippen LogP contribution in [0.5, 0.6) is 0 Å². The Morgan fingerprint density at radius 2 is 1.94 bits per heavy atom. The molecule has 2 heterocycles. The Kier molecular flexibility index (Phi) is 9.29. The molecule has 0 saturated carbocycles. The molecule has 1 aromatic heterocycles. The molecule has 2 aromatic carbocycles. The highest BCUT2D eigenvalue weighted by Crippen LogP contribution is 2.31. The number of hydrogen-bond acceptors (Lipinski definition) is 3. The maximum Gasteiger partial charge on any atom is 0.225 e. The number of para-hydroxylation sites is 1. The average Bonchev–Trinajstić information content (AvgIpc) is 3.27. The van der Waals surface area contributed by atoms with Crippen molar-refractivity contribution in [2.75, 3.05) is 18.4 Å². The van der Waals surface area contributed by atoms with Crippen LogP contribution < -0.4 is 16.0 Å². The molecule has 3 N–H and O–H groups in total. The lowest BCUT2D eigenvalue weighted by molar-refractivity contribution is -0.116. The molecule has 0 saturated heterocycles. The van der Waals surface area contributed by atoms with E-state index >= 15 is 0 Å². The van der Waals surface area contributed by atoms with Crippen molar-refractivity contribution in [1.82, 2.24) is 20.2 Å². The number of nitrogens with zero attached hydrogens (tertiary/aromatic N) is 3. The van der Waals surface area contributed by atoms with Crippen LogP contribution in [0.25, 0.3) is 0 Å². The van der Waals surface area contributed by atoms with Gasteiger partial charge < -0.3 is 20.5 Å². The van der Waals surface area contributed by atoms with E-state index in [2.05, 4.69) is 55.8 Å². The summed E-state index contributed by atoms with van der Waals surface area (Å²) in [6.07, 6.45) is 5.25. The number of amides is 1. The molecule has 33 heavy (non-hydrogen) atoms. The van der Waals surface area contributed by atoms with Gasteiger partial charge in [-0.25, -0.2) is 9.98 Å². The van der Waals surface area contributed by atoms with Crippen LogP contribution in [0.4, 0.5) is 5.69 Å². The fraction of sp³-hybridized carbons (Fsp3) is 0.320. The number of imidazole rings is 1. The molecule has 0 spiro atoms. The van der Waals surface area contributed by atoms with Gasteiger partial charge in [0, 0.05) is 50.1 Å². The number of benzene rings is 2. The number of nitrogens with one attached hydrogen (secondary N) is 3. The standard InChI is InChI=1S/C25H30N6O.HI/c1-2-26-25(28-17-20-16-24(32)30-22-11-7-6-10-21(20)22)29-18-23-27-13-15-31(23)14-12-19-8-4-3-5-9-19;/h3-11,13,15,20H,2,12,14,16-18H2,1H3,(H,30,32)(H2,26,28,29);1H. The zero-order valence-corrected chi connectivity index (χ0v) is 21.2. The first-order valence-corrected chi connectivity index (χ1v) is 11.2.